The molecule has 1 aromatic rings. The number of esters is 1. The Morgan fingerprint density at radius 2 is 1.48 bits per heavy atom. The summed E-state index contributed by atoms with van der Waals surface area (Å²) >= 11 is 1.44. The van der Waals surface area contributed by atoms with Gasteiger partial charge in [0.05, 0.1) is 12.8 Å². The number of ether oxygens (including phenoxy) is 1. The normalized spacial score (nSPS) is 13.2. The minimum absolute atomic E-state index is 0.0932. The Morgan fingerprint density at radius 3 is 1.90 bits per heavy atom. The number of benzene rings is 1. The predicted molar refractivity (Wildman–Crippen MR) is 119 cm³/mol. The molecule has 0 aliphatic heterocycles. The van der Waals surface area contributed by atoms with Crippen molar-refractivity contribution in [1.29, 1.82) is 0 Å². The van der Waals surface area contributed by atoms with Crippen LogP contribution in [0.4, 0.5) is 0 Å². The first-order valence-electron chi connectivity index (χ1n) is 10.1. The minimum Gasteiger partial charge on any atom is -0.507 e. The molecule has 164 valence electrons. The van der Waals surface area contributed by atoms with Crippen molar-refractivity contribution in [3.63, 3.8) is 0 Å². The summed E-state index contributed by atoms with van der Waals surface area (Å²) in [7, 11) is 0. The average molecular weight is 425 g/mol. The Labute approximate surface area is 179 Å². The maximum Gasteiger partial charge on any atom is 0.307 e. The monoisotopic (exact) mass is 424 g/mol. The van der Waals surface area contributed by atoms with Crippen LogP contribution in [-0.2, 0) is 25.2 Å². The van der Waals surface area contributed by atoms with E-state index in [1.807, 2.05) is 19.1 Å². The maximum atomic E-state index is 12.3. The van der Waals surface area contributed by atoms with E-state index in [4.69, 9.17) is 9.84 Å². The quantitative estimate of drug-likeness (QED) is 0.398. The molecule has 0 amide bonds. The van der Waals surface area contributed by atoms with Gasteiger partial charge in [-0.25, -0.2) is 0 Å². The fourth-order valence-electron chi connectivity index (χ4n) is 3.01. The largest absolute Gasteiger partial charge is 0.507 e. The SMILES string of the molecule is CCC(OC(=O)CCSCCC(=O)O)c1cc(C(C)(C)C)c(O)c(C(C)(C)C)c1. The average Bonchev–Trinajstić information content (AvgIpc) is 2.57. The van der Waals surface area contributed by atoms with Gasteiger partial charge in [-0.1, -0.05) is 48.5 Å². The van der Waals surface area contributed by atoms with E-state index in [2.05, 4.69) is 41.5 Å². The van der Waals surface area contributed by atoms with E-state index < -0.39 is 5.97 Å². The molecule has 0 heterocycles. The highest BCUT2D eigenvalue weighted by atomic mass is 32.2. The Kier molecular flexibility index (Phi) is 9.07. The van der Waals surface area contributed by atoms with E-state index in [-0.39, 0.29) is 35.7 Å². The molecule has 1 unspecified atom stereocenters. The van der Waals surface area contributed by atoms with Crippen LogP contribution in [0.25, 0.3) is 0 Å². The number of hydrogen-bond acceptors (Lipinski definition) is 5. The van der Waals surface area contributed by atoms with Gasteiger partial charge in [-0.05, 0) is 46.1 Å². The van der Waals surface area contributed by atoms with Crippen molar-refractivity contribution in [2.45, 2.75) is 84.7 Å². The molecule has 0 aliphatic rings. The second-order valence-electron chi connectivity index (χ2n) is 9.36. The first kappa shape index (κ1) is 25.3. The zero-order chi connectivity index (χ0) is 22.4. The minimum atomic E-state index is -0.831. The van der Waals surface area contributed by atoms with Gasteiger partial charge < -0.3 is 14.9 Å². The molecule has 6 heteroatoms. The molecular formula is C23H36O5S. The molecular weight excluding hydrogens is 388 g/mol. The van der Waals surface area contributed by atoms with E-state index in [9.17, 15) is 14.7 Å². The molecule has 1 atom stereocenters. The lowest BCUT2D eigenvalue weighted by Crippen LogP contribution is -2.19. The molecule has 0 radical (unpaired) electrons. The van der Waals surface area contributed by atoms with Gasteiger partial charge in [0.2, 0.25) is 0 Å². The number of phenolic OH excluding ortho intramolecular Hbond substituents is 1. The number of carbonyl (C=O) groups is 2. The molecule has 0 aromatic heterocycles. The van der Waals surface area contributed by atoms with Gasteiger partial charge in [0, 0.05) is 11.5 Å². The molecule has 29 heavy (non-hydrogen) atoms. The smallest absolute Gasteiger partial charge is 0.307 e. The van der Waals surface area contributed by atoms with Crippen molar-refractivity contribution < 1.29 is 24.5 Å². The number of thioether (sulfide) groups is 1. The third kappa shape index (κ3) is 7.92. The number of carbonyl (C=O) groups excluding carboxylic acids is 1. The zero-order valence-corrected chi connectivity index (χ0v) is 19.6. The van der Waals surface area contributed by atoms with E-state index in [1.54, 1.807) is 0 Å². The molecule has 0 bridgehead atoms. The molecule has 0 saturated carbocycles. The Bertz CT molecular complexity index is 678. The highest BCUT2D eigenvalue weighted by Gasteiger charge is 2.28. The van der Waals surface area contributed by atoms with Crippen LogP contribution >= 0.6 is 11.8 Å². The van der Waals surface area contributed by atoms with Crippen LogP contribution in [0.2, 0.25) is 0 Å². The first-order valence-corrected chi connectivity index (χ1v) is 11.3. The molecule has 1 aromatic carbocycles. The van der Waals surface area contributed by atoms with Crippen LogP contribution in [0.5, 0.6) is 5.75 Å². The van der Waals surface area contributed by atoms with Crippen LogP contribution in [0.1, 0.15) is 90.5 Å². The van der Waals surface area contributed by atoms with Crippen molar-refractivity contribution in [3.05, 3.63) is 28.8 Å². The second-order valence-corrected chi connectivity index (χ2v) is 10.6. The van der Waals surface area contributed by atoms with Gasteiger partial charge in [-0.3, -0.25) is 9.59 Å². The summed E-state index contributed by atoms with van der Waals surface area (Å²) in [6, 6.07) is 3.90. The van der Waals surface area contributed by atoms with Gasteiger partial charge in [-0.2, -0.15) is 11.8 Å². The summed E-state index contributed by atoms with van der Waals surface area (Å²) in [5.74, 6) is 0.218. The first-order chi connectivity index (χ1) is 13.3. The fraction of sp³-hybridized carbons (Fsp3) is 0.652. The fourth-order valence-corrected chi connectivity index (χ4v) is 3.84. The Hall–Kier alpha value is -1.69. The third-order valence-electron chi connectivity index (χ3n) is 4.68. The molecule has 0 saturated heterocycles. The molecule has 0 fully saturated rings. The summed E-state index contributed by atoms with van der Waals surface area (Å²) in [4.78, 5) is 22.8. The number of hydrogen-bond donors (Lipinski definition) is 2. The molecule has 2 N–H and O–H groups in total. The number of rotatable bonds is 9. The number of phenols is 1. The summed E-state index contributed by atoms with van der Waals surface area (Å²) in [6.07, 6.45) is 0.595. The van der Waals surface area contributed by atoms with Crippen LogP contribution in [0, 0.1) is 0 Å². The van der Waals surface area contributed by atoms with E-state index >= 15 is 0 Å². The van der Waals surface area contributed by atoms with Gasteiger partial charge in [0.15, 0.2) is 0 Å². The van der Waals surface area contributed by atoms with Crippen molar-refractivity contribution in [2.75, 3.05) is 11.5 Å². The molecule has 0 spiro atoms. The van der Waals surface area contributed by atoms with Crippen LogP contribution in [-0.4, -0.2) is 33.7 Å². The second kappa shape index (κ2) is 10.4. The molecule has 1 rings (SSSR count). The van der Waals surface area contributed by atoms with Crippen molar-refractivity contribution >= 4 is 23.7 Å². The maximum absolute atomic E-state index is 12.3. The number of carboxylic acid groups (broad SMARTS) is 1. The Morgan fingerprint density at radius 1 is 1.00 bits per heavy atom. The van der Waals surface area contributed by atoms with Crippen molar-refractivity contribution in [3.8, 4) is 5.75 Å². The van der Waals surface area contributed by atoms with E-state index in [0.29, 0.717) is 23.7 Å². The predicted octanol–water partition coefficient (Wildman–Crippen LogP) is 5.58. The summed E-state index contributed by atoms with van der Waals surface area (Å²) in [5.41, 5.74) is 2.09. The summed E-state index contributed by atoms with van der Waals surface area (Å²) < 4.78 is 5.74. The van der Waals surface area contributed by atoms with Crippen molar-refractivity contribution in [2.24, 2.45) is 0 Å². The highest BCUT2D eigenvalue weighted by Crippen LogP contribution is 2.41. The summed E-state index contributed by atoms with van der Waals surface area (Å²) in [6.45, 7) is 14.3. The van der Waals surface area contributed by atoms with Gasteiger partial charge in [0.1, 0.15) is 11.9 Å². The van der Waals surface area contributed by atoms with E-state index in [1.165, 1.54) is 11.8 Å². The standard InChI is InChI=1S/C23H36O5S/c1-8-18(28-20(26)10-12-29-11-9-19(24)25)15-13-16(22(2,3)4)21(27)17(14-15)23(5,6)7/h13-14,18,27H,8-12H2,1-7H3,(H,24,25). The topological polar surface area (TPSA) is 83.8 Å². The molecule has 5 nitrogen and oxygen atoms in total. The lowest BCUT2D eigenvalue weighted by atomic mass is 9.78. The molecule has 0 aliphatic carbocycles. The summed E-state index contributed by atoms with van der Waals surface area (Å²) in [5, 5.41) is 19.5. The lowest BCUT2D eigenvalue weighted by Gasteiger charge is -2.29. The van der Waals surface area contributed by atoms with Crippen LogP contribution in [0.3, 0.4) is 0 Å². The number of carboxylic acids is 1. The highest BCUT2D eigenvalue weighted by molar-refractivity contribution is 7.99. The third-order valence-corrected chi connectivity index (χ3v) is 5.66. The van der Waals surface area contributed by atoms with E-state index in [0.717, 1.165) is 16.7 Å². The van der Waals surface area contributed by atoms with Crippen LogP contribution in [0.15, 0.2) is 12.1 Å². The number of aliphatic carboxylic acids is 1. The van der Waals surface area contributed by atoms with Gasteiger partial charge >= 0.3 is 11.9 Å². The zero-order valence-electron chi connectivity index (χ0n) is 18.8. The lowest BCUT2D eigenvalue weighted by molar-refractivity contribution is -0.149. The van der Waals surface area contributed by atoms with Crippen molar-refractivity contribution in [1.82, 2.24) is 0 Å². The van der Waals surface area contributed by atoms with Crippen LogP contribution < -0.4 is 0 Å². The Balaban J connectivity index is 3.01. The van der Waals surface area contributed by atoms with Gasteiger partial charge in [0.25, 0.3) is 0 Å². The number of aromatic hydroxyl groups is 1. The van der Waals surface area contributed by atoms with Gasteiger partial charge in [-0.15, -0.1) is 0 Å².